The third-order valence-corrected chi connectivity index (χ3v) is 7.68. The highest BCUT2D eigenvalue weighted by atomic mass is 16.5. The van der Waals surface area contributed by atoms with Gasteiger partial charge in [0.2, 0.25) is 11.8 Å². The van der Waals surface area contributed by atoms with E-state index in [-0.39, 0.29) is 28.6 Å². The molecular weight excluding hydrogens is 328 g/mol. The van der Waals surface area contributed by atoms with Crippen LogP contribution in [0, 0.1) is 22.7 Å². The minimum Gasteiger partial charge on any atom is -0.378 e. The summed E-state index contributed by atoms with van der Waals surface area (Å²) in [7, 11) is 0. The Morgan fingerprint density at radius 3 is 2.50 bits per heavy atom. The largest absolute Gasteiger partial charge is 0.378 e. The maximum atomic E-state index is 13.5. The Bertz CT molecular complexity index is 623. The van der Waals surface area contributed by atoms with E-state index in [0.29, 0.717) is 38.8 Å². The van der Waals surface area contributed by atoms with Crippen molar-refractivity contribution in [3.63, 3.8) is 0 Å². The molecule has 2 heterocycles. The lowest BCUT2D eigenvalue weighted by Gasteiger charge is -2.42. The maximum Gasteiger partial charge on any atom is 0.232 e. The molecule has 5 heteroatoms. The Hall–Kier alpha value is -1.36. The van der Waals surface area contributed by atoms with E-state index in [2.05, 4.69) is 20.4 Å². The van der Waals surface area contributed by atoms with Crippen LogP contribution in [0.3, 0.4) is 0 Å². The van der Waals surface area contributed by atoms with E-state index in [9.17, 15) is 9.59 Å². The van der Waals surface area contributed by atoms with Crippen LogP contribution in [0.1, 0.15) is 46.0 Å². The van der Waals surface area contributed by atoms with Gasteiger partial charge in [-0.25, -0.2) is 0 Å². The van der Waals surface area contributed by atoms with Crippen molar-refractivity contribution >= 4 is 11.8 Å². The van der Waals surface area contributed by atoms with Crippen LogP contribution in [0.25, 0.3) is 0 Å². The molecule has 0 aromatic heterocycles. The van der Waals surface area contributed by atoms with Crippen molar-refractivity contribution in [3.8, 4) is 0 Å². The number of piperidine rings is 1. The first-order valence-electron chi connectivity index (χ1n) is 10.2. The molecule has 0 aromatic carbocycles. The van der Waals surface area contributed by atoms with Gasteiger partial charge < -0.3 is 14.5 Å². The van der Waals surface area contributed by atoms with Crippen LogP contribution in [-0.4, -0.2) is 61.0 Å². The van der Waals surface area contributed by atoms with Crippen LogP contribution in [0.4, 0.5) is 0 Å². The van der Waals surface area contributed by atoms with E-state index in [1.54, 1.807) is 0 Å². The molecule has 5 nitrogen and oxygen atoms in total. The lowest BCUT2D eigenvalue weighted by molar-refractivity contribution is -0.147. The molecule has 2 bridgehead atoms. The second-order valence-electron chi connectivity index (χ2n) is 9.25. The van der Waals surface area contributed by atoms with Crippen LogP contribution in [-0.2, 0) is 14.3 Å². The Balaban J connectivity index is 1.47. The van der Waals surface area contributed by atoms with E-state index < -0.39 is 0 Å². The van der Waals surface area contributed by atoms with Gasteiger partial charge in [-0.05, 0) is 43.4 Å². The first-order chi connectivity index (χ1) is 12.4. The van der Waals surface area contributed by atoms with Crippen molar-refractivity contribution in [1.82, 2.24) is 9.80 Å². The van der Waals surface area contributed by atoms with Crippen LogP contribution < -0.4 is 0 Å². The van der Waals surface area contributed by atoms with Gasteiger partial charge in [-0.3, -0.25) is 9.59 Å². The number of carbonyl (C=O) groups is 2. The second kappa shape index (κ2) is 6.36. The Labute approximate surface area is 156 Å². The fourth-order valence-electron chi connectivity index (χ4n) is 5.83. The quantitative estimate of drug-likeness (QED) is 0.711. The van der Waals surface area contributed by atoms with Crippen LogP contribution >= 0.6 is 0 Å². The van der Waals surface area contributed by atoms with Crippen molar-refractivity contribution in [1.29, 1.82) is 0 Å². The molecular formula is C21H32N2O3. The summed E-state index contributed by atoms with van der Waals surface area (Å²) in [5.41, 5.74) is 0.831. The summed E-state index contributed by atoms with van der Waals surface area (Å²) in [5.74, 6) is 0.977. The highest BCUT2D eigenvalue weighted by Crippen LogP contribution is 2.66. The monoisotopic (exact) mass is 360 g/mol. The number of fused-ring (bicyclic) bond motifs is 2. The number of likely N-dealkylation sites (tertiary alicyclic amines) is 1. The van der Waals surface area contributed by atoms with Gasteiger partial charge in [0.05, 0.1) is 24.5 Å². The molecule has 0 unspecified atom stereocenters. The molecule has 4 rings (SSSR count). The van der Waals surface area contributed by atoms with Crippen LogP contribution in [0.2, 0.25) is 0 Å². The Morgan fingerprint density at radius 1 is 1.12 bits per heavy atom. The lowest BCUT2D eigenvalue weighted by Crippen LogP contribution is -2.52. The third kappa shape index (κ3) is 2.62. The third-order valence-electron chi connectivity index (χ3n) is 7.68. The molecule has 2 amide bonds. The number of morpholine rings is 1. The standard InChI is InChI=1S/C21H32N2O3/c1-15-20(2,3)17-6-7-21(15,13-17)19(25)23-8-4-5-16(14-23)18(24)22-9-11-26-12-10-22/h16-17H,1,4-14H2,2-3H3/t16-,17+,21+/m1/s1. The van der Waals surface area contributed by atoms with Crippen molar-refractivity contribution in [2.45, 2.75) is 46.0 Å². The minimum atomic E-state index is -0.363. The molecule has 2 saturated carbocycles. The minimum absolute atomic E-state index is 0.0536. The van der Waals surface area contributed by atoms with Gasteiger partial charge in [0.15, 0.2) is 0 Å². The van der Waals surface area contributed by atoms with Gasteiger partial charge in [-0.15, -0.1) is 0 Å². The maximum absolute atomic E-state index is 13.5. The summed E-state index contributed by atoms with van der Waals surface area (Å²) in [6.07, 6.45) is 4.83. The van der Waals surface area contributed by atoms with Gasteiger partial charge in [-0.1, -0.05) is 26.0 Å². The topological polar surface area (TPSA) is 49.9 Å². The zero-order chi connectivity index (χ0) is 18.5. The molecule has 0 N–H and O–H groups in total. The van der Waals surface area contributed by atoms with Gasteiger partial charge >= 0.3 is 0 Å². The first kappa shape index (κ1) is 18.0. The molecule has 2 saturated heterocycles. The summed E-state index contributed by atoms with van der Waals surface area (Å²) in [6, 6.07) is 0. The van der Waals surface area contributed by atoms with Gasteiger partial charge in [-0.2, -0.15) is 0 Å². The van der Waals surface area contributed by atoms with Crippen molar-refractivity contribution < 1.29 is 14.3 Å². The molecule has 4 fully saturated rings. The molecule has 0 spiro atoms. The summed E-state index contributed by atoms with van der Waals surface area (Å²) in [6.45, 7) is 12.8. The Kier molecular flexibility index (Phi) is 4.41. The fourth-order valence-corrected chi connectivity index (χ4v) is 5.83. The van der Waals surface area contributed by atoms with Crippen molar-refractivity contribution in [3.05, 3.63) is 12.2 Å². The molecule has 2 aliphatic carbocycles. The number of carbonyl (C=O) groups excluding carboxylic acids is 2. The molecule has 0 aromatic rings. The number of rotatable bonds is 2. The highest BCUT2D eigenvalue weighted by molar-refractivity contribution is 5.88. The number of hydrogen-bond donors (Lipinski definition) is 0. The summed E-state index contributed by atoms with van der Waals surface area (Å²) in [4.78, 5) is 30.3. The number of ether oxygens (including phenoxy) is 1. The van der Waals surface area contributed by atoms with E-state index in [1.807, 2.05) is 9.80 Å². The second-order valence-corrected chi connectivity index (χ2v) is 9.25. The van der Waals surface area contributed by atoms with E-state index in [1.165, 1.54) is 0 Å². The molecule has 0 radical (unpaired) electrons. The van der Waals surface area contributed by atoms with Crippen molar-refractivity contribution in [2.75, 3.05) is 39.4 Å². The molecule has 4 aliphatic rings. The SMILES string of the molecule is C=C1C(C)(C)[C@H]2CC[C@]1(C(=O)N1CCC[C@@H](C(=O)N3CCOCC3)C1)C2. The zero-order valence-corrected chi connectivity index (χ0v) is 16.3. The zero-order valence-electron chi connectivity index (χ0n) is 16.3. The van der Waals surface area contributed by atoms with Gasteiger partial charge in [0.1, 0.15) is 0 Å². The molecule has 2 aliphatic heterocycles. The van der Waals surface area contributed by atoms with Crippen molar-refractivity contribution in [2.24, 2.45) is 22.7 Å². The predicted molar refractivity (Wildman–Crippen MR) is 99.4 cm³/mol. The van der Waals surface area contributed by atoms with Gasteiger partial charge in [0.25, 0.3) is 0 Å². The summed E-state index contributed by atoms with van der Waals surface area (Å²) < 4.78 is 5.36. The average molecular weight is 360 g/mol. The summed E-state index contributed by atoms with van der Waals surface area (Å²) in [5, 5.41) is 0. The van der Waals surface area contributed by atoms with E-state index in [4.69, 9.17) is 4.74 Å². The normalized spacial score (nSPS) is 36.5. The number of amides is 2. The Morgan fingerprint density at radius 2 is 1.85 bits per heavy atom. The smallest absolute Gasteiger partial charge is 0.232 e. The van der Waals surface area contributed by atoms with Gasteiger partial charge in [0, 0.05) is 26.2 Å². The van der Waals surface area contributed by atoms with Crippen LogP contribution in [0.5, 0.6) is 0 Å². The fraction of sp³-hybridized carbons (Fsp3) is 0.810. The summed E-state index contributed by atoms with van der Waals surface area (Å²) >= 11 is 0. The van der Waals surface area contributed by atoms with Crippen LogP contribution in [0.15, 0.2) is 12.2 Å². The molecule has 3 atom stereocenters. The number of hydrogen-bond acceptors (Lipinski definition) is 3. The van der Waals surface area contributed by atoms with E-state index in [0.717, 1.165) is 44.2 Å². The highest BCUT2D eigenvalue weighted by Gasteiger charge is 2.61. The molecule has 144 valence electrons. The average Bonchev–Trinajstić information content (AvgIpc) is 3.20. The predicted octanol–water partition coefficient (Wildman–Crippen LogP) is 2.47. The lowest BCUT2D eigenvalue weighted by atomic mass is 9.68. The number of nitrogens with zero attached hydrogens (tertiary/aromatic N) is 2. The molecule has 26 heavy (non-hydrogen) atoms. The van der Waals surface area contributed by atoms with E-state index >= 15 is 0 Å². The first-order valence-corrected chi connectivity index (χ1v) is 10.2.